The predicted octanol–water partition coefficient (Wildman–Crippen LogP) is 1.50. The van der Waals surface area contributed by atoms with Crippen molar-refractivity contribution in [3.8, 4) is 17.1 Å². The lowest BCUT2D eigenvalue weighted by Gasteiger charge is -2.06. The number of nitrogens with zero attached hydrogens (tertiary/aromatic N) is 3. The number of fused-ring (bicyclic) bond motifs is 2. The number of benzene rings is 2. The van der Waals surface area contributed by atoms with Crippen LogP contribution in [0.2, 0.25) is 0 Å². The molecule has 8 nitrogen and oxygen atoms in total. The predicted molar refractivity (Wildman–Crippen MR) is 85.7 cm³/mol. The number of tetrazole rings is 1. The molecule has 0 atom stereocenters. The van der Waals surface area contributed by atoms with E-state index in [0.717, 1.165) is 5.56 Å². The van der Waals surface area contributed by atoms with Crippen LogP contribution in [0.15, 0.2) is 45.6 Å². The molecule has 0 saturated heterocycles. The van der Waals surface area contributed by atoms with Crippen molar-refractivity contribution >= 4 is 21.9 Å². The van der Waals surface area contributed by atoms with Gasteiger partial charge in [-0.3, -0.25) is 4.79 Å². The highest BCUT2D eigenvalue weighted by Gasteiger charge is 2.11. The van der Waals surface area contributed by atoms with Crippen LogP contribution < -0.4 is 10.2 Å². The van der Waals surface area contributed by atoms with E-state index in [2.05, 4.69) is 20.6 Å². The molecular formula is C16H12N4O4. The van der Waals surface area contributed by atoms with E-state index in [1.165, 1.54) is 0 Å². The highest BCUT2D eigenvalue weighted by atomic mass is 16.5. The number of hydrogen-bond donors (Lipinski definition) is 2. The SMILES string of the molecule is O=c1c2ccc(-c3nnn[nH]3)cc2oc2ccc(OCCO)cc12. The molecule has 0 amide bonds. The monoisotopic (exact) mass is 324 g/mol. The van der Waals surface area contributed by atoms with Crippen LogP contribution in [0.5, 0.6) is 5.75 Å². The Kier molecular flexibility index (Phi) is 3.43. The van der Waals surface area contributed by atoms with Gasteiger partial charge in [0, 0.05) is 5.56 Å². The van der Waals surface area contributed by atoms with Crippen molar-refractivity contribution in [2.45, 2.75) is 0 Å². The number of aromatic nitrogens is 4. The van der Waals surface area contributed by atoms with Crippen molar-refractivity contribution < 1.29 is 14.3 Å². The molecule has 2 N–H and O–H groups in total. The van der Waals surface area contributed by atoms with E-state index in [4.69, 9.17) is 14.3 Å². The van der Waals surface area contributed by atoms with Crippen molar-refractivity contribution in [1.82, 2.24) is 20.6 Å². The second kappa shape index (κ2) is 5.74. The largest absolute Gasteiger partial charge is 0.491 e. The molecule has 0 saturated carbocycles. The number of H-pyrrole nitrogens is 1. The first kappa shape index (κ1) is 14.3. The average Bonchev–Trinajstić information content (AvgIpc) is 3.14. The first-order valence-electron chi connectivity index (χ1n) is 7.24. The third-order valence-electron chi connectivity index (χ3n) is 3.62. The molecule has 8 heteroatoms. The fraction of sp³-hybridized carbons (Fsp3) is 0.125. The molecule has 0 bridgehead atoms. The Morgan fingerprint density at radius 2 is 2.04 bits per heavy atom. The molecule has 120 valence electrons. The fourth-order valence-electron chi connectivity index (χ4n) is 2.52. The van der Waals surface area contributed by atoms with Gasteiger partial charge in [0.1, 0.15) is 23.5 Å². The standard InChI is InChI=1S/C16H12N4O4/c21-5-6-23-10-2-4-13-12(8-10)15(22)11-3-1-9(7-14(11)24-13)16-17-19-20-18-16/h1-4,7-8,21H,5-6H2,(H,17,18,19,20). The van der Waals surface area contributed by atoms with E-state index in [9.17, 15) is 4.79 Å². The van der Waals surface area contributed by atoms with Gasteiger partial charge in [0.15, 0.2) is 5.82 Å². The molecule has 4 aromatic rings. The zero-order valence-corrected chi connectivity index (χ0v) is 12.4. The molecule has 2 aromatic carbocycles. The molecule has 0 fully saturated rings. The molecule has 0 aliphatic carbocycles. The van der Waals surface area contributed by atoms with Crippen LogP contribution in [-0.2, 0) is 0 Å². The molecule has 0 aliphatic rings. The summed E-state index contributed by atoms with van der Waals surface area (Å²) in [4.78, 5) is 12.7. The molecule has 2 aromatic heterocycles. The first-order valence-corrected chi connectivity index (χ1v) is 7.24. The Hall–Kier alpha value is -3.26. The maximum atomic E-state index is 12.7. The summed E-state index contributed by atoms with van der Waals surface area (Å²) in [6, 6.07) is 10.1. The zero-order valence-electron chi connectivity index (χ0n) is 12.4. The maximum absolute atomic E-state index is 12.7. The number of rotatable bonds is 4. The summed E-state index contributed by atoms with van der Waals surface area (Å²) in [5.74, 6) is 1.000. The Labute approximate surface area is 134 Å². The van der Waals surface area contributed by atoms with Crippen LogP contribution in [0.1, 0.15) is 0 Å². The van der Waals surface area contributed by atoms with Gasteiger partial charge in [-0.25, -0.2) is 5.10 Å². The number of nitrogens with one attached hydrogen (secondary N) is 1. The number of aliphatic hydroxyl groups is 1. The van der Waals surface area contributed by atoms with Crippen molar-refractivity contribution in [3.63, 3.8) is 0 Å². The minimum Gasteiger partial charge on any atom is -0.491 e. The Balaban J connectivity index is 1.89. The Bertz CT molecular complexity index is 1070. The zero-order chi connectivity index (χ0) is 16.5. The molecule has 2 heterocycles. The highest BCUT2D eigenvalue weighted by Crippen LogP contribution is 2.25. The fourth-order valence-corrected chi connectivity index (χ4v) is 2.52. The smallest absolute Gasteiger partial charge is 0.200 e. The van der Waals surface area contributed by atoms with E-state index in [1.54, 1.807) is 36.4 Å². The molecule has 0 unspecified atom stereocenters. The van der Waals surface area contributed by atoms with E-state index in [-0.39, 0.29) is 18.6 Å². The lowest BCUT2D eigenvalue weighted by atomic mass is 10.1. The molecule has 0 spiro atoms. The second-order valence-electron chi connectivity index (χ2n) is 5.12. The van der Waals surface area contributed by atoms with Gasteiger partial charge < -0.3 is 14.3 Å². The summed E-state index contributed by atoms with van der Waals surface area (Å²) in [7, 11) is 0. The van der Waals surface area contributed by atoms with Gasteiger partial charge in [-0.1, -0.05) is 6.07 Å². The second-order valence-corrected chi connectivity index (χ2v) is 5.12. The summed E-state index contributed by atoms with van der Waals surface area (Å²) in [6.07, 6.45) is 0. The number of aromatic amines is 1. The molecule has 0 radical (unpaired) electrons. The summed E-state index contributed by atoms with van der Waals surface area (Å²) < 4.78 is 11.2. The van der Waals surface area contributed by atoms with Crippen LogP contribution in [-0.4, -0.2) is 38.9 Å². The van der Waals surface area contributed by atoms with E-state index < -0.39 is 0 Å². The van der Waals surface area contributed by atoms with Gasteiger partial charge >= 0.3 is 0 Å². The number of ether oxygens (including phenoxy) is 1. The van der Waals surface area contributed by atoms with Crippen molar-refractivity contribution in [1.29, 1.82) is 0 Å². The highest BCUT2D eigenvalue weighted by molar-refractivity contribution is 5.91. The van der Waals surface area contributed by atoms with Gasteiger partial charge in [-0.2, -0.15) is 0 Å². The summed E-state index contributed by atoms with van der Waals surface area (Å²) >= 11 is 0. The van der Waals surface area contributed by atoms with Gasteiger partial charge in [-0.05, 0) is 40.8 Å². The minimum atomic E-state index is -0.150. The van der Waals surface area contributed by atoms with Crippen molar-refractivity contribution in [3.05, 3.63) is 46.6 Å². The quantitative estimate of drug-likeness (QED) is 0.547. The van der Waals surface area contributed by atoms with Crippen molar-refractivity contribution in [2.75, 3.05) is 13.2 Å². The normalized spacial score (nSPS) is 11.2. The third kappa shape index (κ3) is 2.38. The lowest BCUT2D eigenvalue weighted by Crippen LogP contribution is -2.05. The summed E-state index contributed by atoms with van der Waals surface area (Å²) in [5, 5.41) is 23.3. The molecule has 4 rings (SSSR count). The first-order chi connectivity index (χ1) is 11.8. The third-order valence-corrected chi connectivity index (χ3v) is 3.62. The maximum Gasteiger partial charge on any atom is 0.200 e. The number of aliphatic hydroxyl groups excluding tert-OH is 1. The minimum absolute atomic E-state index is 0.0936. The molecular weight excluding hydrogens is 312 g/mol. The van der Waals surface area contributed by atoms with E-state index in [0.29, 0.717) is 33.5 Å². The van der Waals surface area contributed by atoms with Crippen LogP contribution in [0.4, 0.5) is 0 Å². The molecule has 24 heavy (non-hydrogen) atoms. The summed E-state index contributed by atoms with van der Waals surface area (Å²) in [6.45, 7) is 0.0721. The van der Waals surface area contributed by atoms with E-state index in [1.807, 2.05) is 0 Å². The van der Waals surface area contributed by atoms with Crippen molar-refractivity contribution in [2.24, 2.45) is 0 Å². The lowest BCUT2D eigenvalue weighted by molar-refractivity contribution is 0.201. The Morgan fingerprint density at radius 3 is 2.83 bits per heavy atom. The average molecular weight is 324 g/mol. The van der Waals surface area contributed by atoms with Crippen LogP contribution in [0.25, 0.3) is 33.3 Å². The topological polar surface area (TPSA) is 114 Å². The van der Waals surface area contributed by atoms with Crippen LogP contribution in [0, 0.1) is 0 Å². The van der Waals surface area contributed by atoms with Crippen LogP contribution >= 0.6 is 0 Å². The van der Waals surface area contributed by atoms with Gasteiger partial charge in [0.2, 0.25) is 5.43 Å². The van der Waals surface area contributed by atoms with Gasteiger partial charge in [0.25, 0.3) is 0 Å². The van der Waals surface area contributed by atoms with E-state index >= 15 is 0 Å². The molecule has 0 aliphatic heterocycles. The van der Waals surface area contributed by atoms with Crippen LogP contribution in [0.3, 0.4) is 0 Å². The summed E-state index contributed by atoms with van der Waals surface area (Å²) in [5.41, 5.74) is 1.47. The van der Waals surface area contributed by atoms with Gasteiger partial charge in [0.05, 0.1) is 17.4 Å². The Morgan fingerprint density at radius 1 is 1.12 bits per heavy atom. The van der Waals surface area contributed by atoms with Gasteiger partial charge in [-0.15, -0.1) is 5.10 Å². The number of hydrogen-bond acceptors (Lipinski definition) is 7.